The molecular weight excluding hydrogens is 148 g/mol. The Balaban J connectivity index is 2.05. The van der Waals surface area contributed by atoms with Gasteiger partial charge in [0.1, 0.15) is 0 Å². The fourth-order valence-electron chi connectivity index (χ4n) is 1.41. The second kappa shape index (κ2) is 5.98. The quantitative estimate of drug-likeness (QED) is 0.610. The van der Waals surface area contributed by atoms with Crippen LogP contribution in [0, 0.1) is 0 Å². The number of rotatable bonds is 4. The zero-order valence-electron chi connectivity index (χ0n) is 7.55. The van der Waals surface area contributed by atoms with Gasteiger partial charge in [0, 0.05) is 25.7 Å². The largest absolute Gasteiger partial charge is 0.314 e. The molecule has 0 aliphatic carbocycles. The monoisotopic (exact) mass is 166 g/mol. The SMILES string of the molecule is C=CC=CCCC1CNCCN1. The van der Waals surface area contributed by atoms with E-state index in [2.05, 4.69) is 23.3 Å². The van der Waals surface area contributed by atoms with Crippen LogP contribution in [0.5, 0.6) is 0 Å². The smallest absolute Gasteiger partial charge is 0.0195 e. The predicted molar refractivity (Wildman–Crippen MR) is 53.2 cm³/mol. The number of allylic oxidation sites excluding steroid dienone is 3. The molecule has 0 spiro atoms. The second-order valence-electron chi connectivity index (χ2n) is 3.10. The summed E-state index contributed by atoms with van der Waals surface area (Å²) in [6.45, 7) is 6.96. The summed E-state index contributed by atoms with van der Waals surface area (Å²) in [6, 6.07) is 0.660. The molecule has 0 amide bonds. The van der Waals surface area contributed by atoms with Gasteiger partial charge in [-0.05, 0) is 12.8 Å². The molecule has 68 valence electrons. The molecule has 12 heavy (non-hydrogen) atoms. The Bertz CT molecular complexity index is 146. The molecule has 2 N–H and O–H groups in total. The van der Waals surface area contributed by atoms with Crippen LogP contribution in [0.25, 0.3) is 0 Å². The standard InChI is InChI=1S/C10H18N2/c1-2-3-4-5-6-10-9-11-7-8-12-10/h2-4,10-12H,1,5-9H2. The van der Waals surface area contributed by atoms with E-state index in [9.17, 15) is 0 Å². The topological polar surface area (TPSA) is 24.1 Å². The summed E-state index contributed by atoms with van der Waals surface area (Å²) < 4.78 is 0. The summed E-state index contributed by atoms with van der Waals surface area (Å²) in [5.74, 6) is 0. The average molecular weight is 166 g/mol. The van der Waals surface area contributed by atoms with Gasteiger partial charge in [-0.2, -0.15) is 0 Å². The van der Waals surface area contributed by atoms with Crippen LogP contribution in [0.1, 0.15) is 12.8 Å². The van der Waals surface area contributed by atoms with Crippen LogP contribution in [0.4, 0.5) is 0 Å². The first-order valence-electron chi connectivity index (χ1n) is 4.65. The first-order valence-corrected chi connectivity index (χ1v) is 4.65. The first kappa shape index (κ1) is 9.49. The molecule has 1 unspecified atom stereocenters. The van der Waals surface area contributed by atoms with Crippen LogP contribution >= 0.6 is 0 Å². The lowest BCUT2D eigenvalue weighted by atomic mass is 10.1. The van der Waals surface area contributed by atoms with Crippen molar-refractivity contribution in [3.63, 3.8) is 0 Å². The van der Waals surface area contributed by atoms with Crippen molar-refractivity contribution < 1.29 is 0 Å². The fourth-order valence-corrected chi connectivity index (χ4v) is 1.41. The number of hydrogen-bond donors (Lipinski definition) is 2. The molecule has 1 aliphatic heterocycles. The lowest BCUT2D eigenvalue weighted by Crippen LogP contribution is -2.48. The van der Waals surface area contributed by atoms with Gasteiger partial charge in [-0.3, -0.25) is 0 Å². The summed E-state index contributed by atoms with van der Waals surface area (Å²) in [5.41, 5.74) is 0. The molecule has 0 saturated carbocycles. The van der Waals surface area contributed by atoms with Crippen molar-refractivity contribution in [2.24, 2.45) is 0 Å². The molecule has 0 bridgehead atoms. The summed E-state index contributed by atoms with van der Waals surface area (Å²) in [6.07, 6.45) is 8.37. The maximum Gasteiger partial charge on any atom is 0.0195 e. The number of piperazine rings is 1. The molecule has 2 heteroatoms. The Morgan fingerprint density at radius 3 is 3.00 bits per heavy atom. The molecule has 0 aromatic heterocycles. The van der Waals surface area contributed by atoms with Crippen molar-refractivity contribution in [1.82, 2.24) is 10.6 Å². The maximum absolute atomic E-state index is 3.63. The molecule has 1 fully saturated rings. The van der Waals surface area contributed by atoms with E-state index in [1.807, 2.05) is 12.2 Å². The molecule has 0 aromatic rings. The van der Waals surface area contributed by atoms with Gasteiger partial charge in [-0.25, -0.2) is 0 Å². The minimum Gasteiger partial charge on any atom is -0.314 e. The van der Waals surface area contributed by atoms with Crippen molar-refractivity contribution in [2.75, 3.05) is 19.6 Å². The molecule has 0 aromatic carbocycles. The van der Waals surface area contributed by atoms with Crippen LogP contribution in [0.3, 0.4) is 0 Å². The first-order chi connectivity index (χ1) is 5.93. The third-order valence-corrected chi connectivity index (χ3v) is 2.08. The molecular formula is C10H18N2. The molecule has 1 atom stereocenters. The lowest BCUT2D eigenvalue weighted by Gasteiger charge is -2.23. The van der Waals surface area contributed by atoms with E-state index in [0.29, 0.717) is 6.04 Å². The summed E-state index contributed by atoms with van der Waals surface area (Å²) in [7, 11) is 0. The summed E-state index contributed by atoms with van der Waals surface area (Å²) in [5, 5.41) is 6.84. The highest BCUT2D eigenvalue weighted by molar-refractivity contribution is 4.97. The van der Waals surface area contributed by atoms with Crippen LogP contribution in [-0.2, 0) is 0 Å². The lowest BCUT2D eigenvalue weighted by molar-refractivity contribution is 0.401. The zero-order valence-corrected chi connectivity index (χ0v) is 7.55. The van der Waals surface area contributed by atoms with Gasteiger partial charge in [-0.1, -0.05) is 24.8 Å². The van der Waals surface area contributed by atoms with Crippen LogP contribution in [-0.4, -0.2) is 25.7 Å². The van der Waals surface area contributed by atoms with Gasteiger partial charge in [0.2, 0.25) is 0 Å². The van der Waals surface area contributed by atoms with E-state index >= 15 is 0 Å². The van der Waals surface area contributed by atoms with Crippen molar-refractivity contribution in [3.8, 4) is 0 Å². The van der Waals surface area contributed by atoms with Gasteiger partial charge in [-0.15, -0.1) is 0 Å². The van der Waals surface area contributed by atoms with Gasteiger partial charge in [0.25, 0.3) is 0 Å². The highest BCUT2D eigenvalue weighted by atomic mass is 15.0. The normalized spacial score (nSPS) is 24.5. The van der Waals surface area contributed by atoms with Gasteiger partial charge >= 0.3 is 0 Å². The zero-order chi connectivity index (χ0) is 8.65. The third-order valence-electron chi connectivity index (χ3n) is 2.08. The highest BCUT2D eigenvalue weighted by Gasteiger charge is 2.09. The second-order valence-corrected chi connectivity index (χ2v) is 3.10. The van der Waals surface area contributed by atoms with Gasteiger partial charge in [0.15, 0.2) is 0 Å². The van der Waals surface area contributed by atoms with E-state index in [1.165, 1.54) is 6.42 Å². The van der Waals surface area contributed by atoms with Gasteiger partial charge in [0.05, 0.1) is 0 Å². The van der Waals surface area contributed by atoms with Crippen LogP contribution in [0.15, 0.2) is 24.8 Å². The Morgan fingerprint density at radius 2 is 2.33 bits per heavy atom. The predicted octanol–water partition coefficient (Wildman–Crippen LogP) is 1.07. The van der Waals surface area contributed by atoms with Crippen molar-refractivity contribution in [3.05, 3.63) is 24.8 Å². The van der Waals surface area contributed by atoms with Crippen LogP contribution in [0.2, 0.25) is 0 Å². The van der Waals surface area contributed by atoms with E-state index in [1.54, 1.807) is 0 Å². The Morgan fingerprint density at radius 1 is 1.42 bits per heavy atom. The van der Waals surface area contributed by atoms with E-state index in [4.69, 9.17) is 0 Å². The molecule has 0 radical (unpaired) electrons. The molecule has 2 nitrogen and oxygen atoms in total. The average Bonchev–Trinajstić information content (AvgIpc) is 2.14. The number of hydrogen-bond acceptors (Lipinski definition) is 2. The Hall–Kier alpha value is -0.600. The molecule has 1 saturated heterocycles. The van der Waals surface area contributed by atoms with Crippen LogP contribution < -0.4 is 10.6 Å². The van der Waals surface area contributed by atoms with E-state index in [-0.39, 0.29) is 0 Å². The molecule has 1 heterocycles. The van der Waals surface area contributed by atoms with Crippen molar-refractivity contribution >= 4 is 0 Å². The minimum absolute atomic E-state index is 0.660. The summed E-state index contributed by atoms with van der Waals surface area (Å²) >= 11 is 0. The maximum atomic E-state index is 3.63. The van der Waals surface area contributed by atoms with E-state index in [0.717, 1.165) is 26.1 Å². The highest BCUT2D eigenvalue weighted by Crippen LogP contribution is 1.99. The Kier molecular flexibility index (Phi) is 4.73. The molecule has 1 rings (SSSR count). The van der Waals surface area contributed by atoms with E-state index < -0.39 is 0 Å². The Labute approximate surface area is 74.7 Å². The minimum atomic E-state index is 0.660. The molecule has 1 aliphatic rings. The number of nitrogens with one attached hydrogen (secondary N) is 2. The summed E-state index contributed by atoms with van der Waals surface area (Å²) in [4.78, 5) is 0. The van der Waals surface area contributed by atoms with Crippen molar-refractivity contribution in [2.45, 2.75) is 18.9 Å². The van der Waals surface area contributed by atoms with Crippen molar-refractivity contribution in [1.29, 1.82) is 0 Å². The van der Waals surface area contributed by atoms with Gasteiger partial charge < -0.3 is 10.6 Å². The fraction of sp³-hybridized carbons (Fsp3) is 0.600. The third kappa shape index (κ3) is 3.69.